The first-order valence-corrected chi connectivity index (χ1v) is 7.33. The van der Waals surface area contributed by atoms with Gasteiger partial charge in [0.05, 0.1) is 12.6 Å². The van der Waals surface area contributed by atoms with Crippen molar-refractivity contribution in [2.24, 2.45) is 5.73 Å². The van der Waals surface area contributed by atoms with E-state index in [0.29, 0.717) is 6.42 Å². The smallest absolute Gasteiger partial charge is 0.237 e. The Hall–Kier alpha value is -1.75. The molecule has 0 saturated heterocycles. The molecule has 0 aliphatic carbocycles. The second-order valence-electron chi connectivity index (χ2n) is 5.50. The molecule has 1 aromatic rings. The molecule has 0 bridgehead atoms. The number of nitrogens with one attached hydrogen (secondary N) is 1. The minimum absolute atomic E-state index is 0.310. The largest absolute Gasteiger partial charge is 0.497 e. The fourth-order valence-corrected chi connectivity index (χ4v) is 2.07. The van der Waals surface area contributed by atoms with Crippen LogP contribution in [-0.2, 0) is 4.79 Å². The number of anilines is 1. The number of hydrogen-bond donors (Lipinski definition) is 2. The van der Waals surface area contributed by atoms with E-state index >= 15 is 0 Å². The molecule has 0 aliphatic heterocycles. The van der Waals surface area contributed by atoms with Gasteiger partial charge in [-0.1, -0.05) is 13.0 Å². The Morgan fingerprint density at radius 1 is 1.48 bits per heavy atom. The fraction of sp³-hybridized carbons (Fsp3) is 0.562. The van der Waals surface area contributed by atoms with Crippen LogP contribution in [0, 0.1) is 0 Å². The van der Waals surface area contributed by atoms with Crippen molar-refractivity contribution < 1.29 is 9.53 Å². The molecule has 118 valence electrons. The van der Waals surface area contributed by atoms with Gasteiger partial charge in [0, 0.05) is 25.3 Å². The van der Waals surface area contributed by atoms with Gasteiger partial charge in [-0.05, 0) is 38.4 Å². The second kappa shape index (κ2) is 7.88. The van der Waals surface area contributed by atoms with Crippen LogP contribution in [0.3, 0.4) is 0 Å². The Morgan fingerprint density at radius 3 is 2.76 bits per heavy atom. The van der Waals surface area contributed by atoms with Crippen LogP contribution in [0.5, 0.6) is 5.75 Å². The maximum absolute atomic E-state index is 11.7. The number of ether oxygens (including phenoxy) is 1. The quantitative estimate of drug-likeness (QED) is 0.728. The molecule has 0 fully saturated rings. The average molecular weight is 293 g/mol. The molecule has 0 spiro atoms. The van der Waals surface area contributed by atoms with Crippen molar-refractivity contribution in [3.05, 3.63) is 24.3 Å². The minimum Gasteiger partial charge on any atom is -0.497 e. The summed E-state index contributed by atoms with van der Waals surface area (Å²) in [5.74, 6) is 0.510. The predicted octanol–water partition coefficient (Wildman–Crippen LogP) is 1.77. The van der Waals surface area contributed by atoms with E-state index in [9.17, 15) is 4.79 Å². The van der Waals surface area contributed by atoms with Gasteiger partial charge in [0.2, 0.25) is 5.91 Å². The third-order valence-electron chi connectivity index (χ3n) is 3.75. The molecule has 0 saturated carbocycles. The number of nitrogens with zero attached hydrogens (tertiary/aromatic N) is 1. The first-order chi connectivity index (χ1) is 9.92. The van der Waals surface area contributed by atoms with Crippen LogP contribution in [0.15, 0.2) is 24.3 Å². The van der Waals surface area contributed by atoms with Crippen molar-refractivity contribution in [3.8, 4) is 5.75 Å². The molecule has 0 heterocycles. The van der Waals surface area contributed by atoms with Gasteiger partial charge in [-0.3, -0.25) is 4.79 Å². The number of carbonyl (C=O) groups excluding carboxylic acids is 1. The Balaban J connectivity index is 2.68. The van der Waals surface area contributed by atoms with Crippen molar-refractivity contribution in [1.82, 2.24) is 5.32 Å². The van der Waals surface area contributed by atoms with E-state index in [1.807, 2.05) is 38.2 Å². The van der Waals surface area contributed by atoms with Crippen LogP contribution in [-0.4, -0.2) is 38.7 Å². The highest BCUT2D eigenvalue weighted by molar-refractivity contribution is 5.84. The maximum atomic E-state index is 11.7. The first kappa shape index (κ1) is 17.3. The fourth-order valence-electron chi connectivity index (χ4n) is 2.07. The maximum Gasteiger partial charge on any atom is 0.237 e. The Morgan fingerprint density at radius 2 is 2.19 bits per heavy atom. The van der Waals surface area contributed by atoms with Gasteiger partial charge >= 0.3 is 0 Å². The number of carbonyl (C=O) groups is 1. The zero-order valence-electron chi connectivity index (χ0n) is 13.5. The van der Waals surface area contributed by atoms with Gasteiger partial charge in [-0.2, -0.15) is 0 Å². The van der Waals surface area contributed by atoms with Crippen LogP contribution in [0.25, 0.3) is 0 Å². The van der Waals surface area contributed by atoms with Crippen LogP contribution in [0.4, 0.5) is 5.69 Å². The number of rotatable bonds is 9. The SMILES string of the molecule is CCCNC(C)(CCN(C)c1cccc(OC)c1)C(N)=O. The minimum atomic E-state index is -0.677. The summed E-state index contributed by atoms with van der Waals surface area (Å²) in [5.41, 5.74) is 5.92. The van der Waals surface area contributed by atoms with E-state index in [-0.39, 0.29) is 5.91 Å². The zero-order valence-corrected chi connectivity index (χ0v) is 13.5. The third kappa shape index (κ3) is 4.93. The Bertz CT molecular complexity index is 465. The van der Waals surface area contributed by atoms with Gasteiger partial charge in [0.1, 0.15) is 5.75 Å². The number of nitrogens with two attached hydrogens (primary N) is 1. The van der Waals surface area contributed by atoms with Crippen molar-refractivity contribution in [3.63, 3.8) is 0 Å². The summed E-state index contributed by atoms with van der Waals surface area (Å²) in [6.07, 6.45) is 1.62. The Labute approximate surface area is 127 Å². The highest BCUT2D eigenvalue weighted by atomic mass is 16.5. The van der Waals surface area contributed by atoms with Crippen molar-refractivity contribution in [2.75, 3.05) is 32.1 Å². The summed E-state index contributed by atoms with van der Waals surface area (Å²) in [6.45, 7) is 5.44. The lowest BCUT2D eigenvalue weighted by molar-refractivity contribution is -0.124. The summed E-state index contributed by atoms with van der Waals surface area (Å²) < 4.78 is 5.23. The van der Waals surface area contributed by atoms with Crippen LogP contribution >= 0.6 is 0 Å². The number of amides is 1. The molecule has 1 rings (SSSR count). The number of benzene rings is 1. The van der Waals surface area contributed by atoms with Crippen LogP contribution in [0.2, 0.25) is 0 Å². The summed E-state index contributed by atoms with van der Waals surface area (Å²) >= 11 is 0. The van der Waals surface area contributed by atoms with Crippen LogP contribution < -0.4 is 20.7 Å². The highest BCUT2D eigenvalue weighted by Crippen LogP contribution is 2.21. The van der Waals surface area contributed by atoms with E-state index in [1.165, 1.54) is 0 Å². The summed E-state index contributed by atoms with van der Waals surface area (Å²) in [5, 5.41) is 3.25. The molecular formula is C16H27N3O2. The highest BCUT2D eigenvalue weighted by Gasteiger charge is 2.30. The summed E-state index contributed by atoms with van der Waals surface area (Å²) in [7, 11) is 3.65. The normalized spacial score (nSPS) is 13.5. The molecule has 1 unspecified atom stereocenters. The number of methoxy groups -OCH3 is 1. The van der Waals surface area contributed by atoms with Gasteiger partial charge in [-0.25, -0.2) is 0 Å². The molecule has 1 aromatic carbocycles. The summed E-state index contributed by atoms with van der Waals surface area (Å²) in [6, 6.07) is 7.85. The molecule has 0 aliphatic rings. The van der Waals surface area contributed by atoms with Crippen molar-refractivity contribution in [2.45, 2.75) is 32.2 Å². The molecule has 21 heavy (non-hydrogen) atoms. The topological polar surface area (TPSA) is 67.6 Å². The van der Waals surface area contributed by atoms with Gasteiger partial charge < -0.3 is 20.7 Å². The van der Waals surface area contributed by atoms with Crippen LogP contribution in [0.1, 0.15) is 26.7 Å². The first-order valence-electron chi connectivity index (χ1n) is 7.33. The van der Waals surface area contributed by atoms with Crippen molar-refractivity contribution in [1.29, 1.82) is 0 Å². The summed E-state index contributed by atoms with van der Waals surface area (Å²) in [4.78, 5) is 13.8. The van der Waals surface area contributed by atoms with Gasteiger partial charge in [-0.15, -0.1) is 0 Å². The molecule has 1 atom stereocenters. The third-order valence-corrected chi connectivity index (χ3v) is 3.75. The standard InChI is InChI=1S/C16H27N3O2/c1-5-10-18-16(2,15(17)20)9-11-19(3)13-7-6-8-14(12-13)21-4/h6-8,12,18H,5,9-11H2,1-4H3,(H2,17,20). The molecule has 0 radical (unpaired) electrons. The van der Waals surface area contributed by atoms with E-state index in [1.54, 1.807) is 7.11 Å². The molecule has 1 amide bonds. The van der Waals surface area contributed by atoms with Gasteiger partial charge in [0.15, 0.2) is 0 Å². The lowest BCUT2D eigenvalue weighted by atomic mass is 9.96. The number of hydrogen-bond acceptors (Lipinski definition) is 4. The Kier molecular flexibility index (Phi) is 6.49. The van der Waals surface area contributed by atoms with Crippen molar-refractivity contribution >= 4 is 11.6 Å². The monoisotopic (exact) mass is 293 g/mol. The molecular weight excluding hydrogens is 266 g/mol. The van der Waals surface area contributed by atoms with Gasteiger partial charge in [0.25, 0.3) is 0 Å². The lowest BCUT2D eigenvalue weighted by Gasteiger charge is -2.30. The number of primary amides is 1. The molecule has 5 nitrogen and oxygen atoms in total. The van der Waals surface area contributed by atoms with E-state index < -0.39 is 5.54 Å². The van der Waals surface area contributed by atoms with E-state index in [2.05, 4.69) is 17.1 Å². The molecule has 0 aromatic heterocycles. The molecule has 3 N–H and O–H groups in total. The van der Waals surface area contributed by atoms with E-state index in [0.717, 1.165) is 30.9 Å². The van der Waals surface area contributed by atoms with E-state index in [4.69, 9.17) is 10.5 Å². The molecule has 5 heteroatoms. The second-order valence-corrected chi connectivity index (χ2v) is 5.50. The average Bonchev–Trinajstić information content (AvgIpc) is 2.50. The zero-order chi connectivity index (χ0) is 15.9. The lowest BCUT2D eigenvalue weighted by Crippen LogP contribution is -2.54. The predicted molar refractivity (Wildman–Crippen MR) is 86.8 cm³/mol.